The smallest absolute Gasteiger partial charge is 0.308 e. The molecular weight excluding hydrogens is 410 g/mol. The van der Waals surface area contributed by atoms with Gasteiger partial charge in [-0.2, -0.15) is 0 Å². The molecular formula is C20H29N3O6S. The molecule has 1 aliphatic carbocycles. The lowest BCUT2D eigenvalue weighted by atomic mass is 10.0. The summed E-state index contributed by atoms with van der Waals surface area (Å²) >= 11 is 0. The maximum Gasteiger partial charge on any atom is 0.308 e. The van der Waals surface area contributed by atoms with Gasteiger partial charge in [-0.1, -0.05) is 32.3 Å². The van der Waals surface area contributed by atoms with Gasteiger partial charge in [-0.15, -0.1) is 0 Å². The van der Waals surface area contributed by atoms with Crippen LogP contribution >= 0.6 is 0 Å². The number of sulfonamides is 1. The van der Waals surface area contributed by atoms with Gasteiger partial charge in [0.1, 0.15) is 6.04 Å². The first kappa shape index (κ1) is 23.7. The van der Waals surface area contributed by atoms with E-state index in [1.54, 1.807) is 6.07 Å². The molecule has 166 valence electrons. The van der Waals surface area contributed by atoms with Crippen LogP contribution in [0.1, 0.15) is 55.8 Å². The van der Waals surface area contributed by atoms with E-state index >= 15 is 0 Å². The number of aliphatic carboxylic acids is 1. The van der Waals surface area contributed by atoms with Crippen molar-refractivity contribution in [1.29, 1.82) is 0 Å². The fourth-order valence-electron chi connectivity index (χ4n) is 3.57. The van der Waals surface area contributed by atoms with Gasteiger partial charge in [0.05, 0.1) is 12.2 Å². The summed E-state index contributed by atoms with van der Waals surface area (Å²) in [7, 11) is -3.49. The molecule has 0 aromatic heterocycles. The monoisotopic (exact) mass is 439 g/mol. The first-order chi connectivity index (χ1) is 14.1. The Hall–Kier alpha value is -2.62. The number of anilines is 1. The van der Waals surface area contributed by atoms with E-state index in [9.17, 15) is 27.9 Å². The van der Waals surface area contributed by atoms with Crippen molar-refractivity contribution in [2.45, 2.75) is 57.5 Å². The fourth-order valence-corrected chi connectivity index (χ4v) is 4.12. The number of benzene rings is 1. The molecule has 2 amide bonds. The standard InChI is InChI=1S/C20H29N3O6S/c1-3-4-10-17(19(25)21-16-11-6-9-15(16)20(26)27)22-18(24)13-7-5-8-14(12-13)23-30(2,28)29/h5,7-8,12,15-17,23H,3-4,6,9-11H2,1-2H3,(H,21,25)(H,22,24)(H,26,27)/t15-,16+,17+/m1/s1. The first-order valence-electron chi connectivity index (χ1n) is 10.0. The van der Waals surface area contributed by atoms with E-state index in [2.05, 4.69) is 15.4 Å². The molecule has 30 heavy (non-hydrogen) atoms. The predicted octanol–water partition coefficient (Wildman–Crippen LogP) is 1.72. The molecule has 1 aromatic rings. The molecule has 0 bridgehead atoms. The van der Waals surface area contributed by atoms with E-state index < -0.39 is 45.8 Å². The number of carboxylic acid groups (broad SMARTS) is 1. The Morgan fingerprint density at radius 1 is 1.23 bits per heavy atom. The molecule has 1 saturated carbocycles. The van der Waals surface area contributed by atoms with Gasteiger partial charge in [0, 0.05) is 17.3 Å². The largest absolute Gasteiger partial charge is 0.481 e. The van der Waals surface area contributed by atoms with E-state index in [4.69, 9.17) is 0 Å². The molecule has 10 heteroatoms. The van der Waals surface area contributed by atoms with Gasteiger partial charge in [-0.25, -0.2) is 8.42 Å². The normalized spacial score (nSPS) is 19.7. The van der Waals surface area contributed by atoms with Crippen molar-refractivity contribution in [3.05, 3.63) is 29.8 Å². The molecule has 0 radical (unpaired) electrons. The van der Waals surface area contributed by atoms with Crippen LogP contribution in [0.4, 0.5) is 5.69 Å². The van der Waals surface area contributed by atoms with Crippen LogP contribution in [0.2, 0.25) is 0 Å². The molecule has 9 nitrogen and oxygen atoms in total. The topological polar surface area (TPSA) is 142 Å². The molecule has 0 aliphatic heterocycles. The Kier molecular flexibility index (Phi) is 8.22. The summed E-state index contributed by atoms with van der Waals surface area (Å²) in [4.78, 5) is 36.8. The van der Waals surface area contributed by atoms with Crippen molar-refractivity contribution in [2.24, 2.45) is 5.92 Å². The number of carbonyl (C=O) groups is 3. The van der Waals surface area contributed by atoms with Crippen molar-refractivity contribution in [1.82, 2.24) is 10.6 Å². The molecule has 4 N–H and O–H groups in total. The maximum absolute atomic E-state index is 12.8. The number of carboxylic acids is 1. The quantitative estimate of drug-likeness (QED) is 0.437. The van der Waals surface area contributed by atoms with E-state index in [1.807, 2.05) is 6.92 Å². The van der Waals surface area contributed by atoms with Crippen LogP contribution in [-0.4, -0.2) is 49.6 Å². The Bertz CT molecular complexity index is 886. The molecule has 2 rings (SSSR count). The molecule has 0 spiro atoms. The predicted molar refractivity (Wildman–Crippen MR) is 113 cm³/mol. The minimum atomic E-state index is -3.49. The van der Waals surface area contributed by atoms with Gasteiger partial charge in [-0.05, 0) is 37.5 Å². The maximum atomic E-state index is 12.8. The van der Waals surface area contributed by atoms with Crippen LogP contribution in [0.25, 0.3) is 0 Å². The second-order valence-electron chi connectivity index (χ2n) is 7.61. The summed E-state index contributed by atoms with van der Waals surface area (Å²) in [6.45, 7) is 1.97. The van der Waals surface area contributed by atoms with Crippen molar-refractivity contribution < 1.29 is 27.9 Å². The Morgan fingerprint density at radius 3 is 2.60 bits per heavy atom. The molecule has 0 heterocycles. The number of rotatable bonds is 10. The van der Waals surface area contributed by atoms with E-state index in [0.717, 1.165) is 19.1 Å². The number of unbranched alkanes of at least 4 members (excludes halogenated alkanes) is 1. The average molecular weight is 440 g/mol. The Balaban J connectivity index is 2.09. The zero-order valence-corrected chi connectivity index (χ0v) is 18.0. The minimum Gasteiger partial charge on any atom is -0.481 e. The summed E-state index contributed by atoms with van der Waals surface area (Å²) in [6.07, 6.45) is 4.81. The summed E-state index contributed by atoms with van der Waals surface area (Å²) in [5.41, 5.74) is 0.456. The van der Waals surface area contributed by atoms with Crippen LogP contribution in [0, 0.1) is 5.92 Å². The molecule has 0 saturated heterocycles. The third kappa shape index (κ3) is 7.01. The van der Waals surface area contributed by atoms with Gasteiger partial charge >= 0.3 is 5.97 Å². The summed E-state index contributed by atoms with van der Waals surface area (Å²) < 4.78 is 25.1. The number of nitrogens with one attached hydrogen (secondary N) is 3. The van der Waals surface area contributed by atoms with Gasteiger partial charge in [0.2, 0.25) is 15.9 Å². The third-order valence-electron chi connectivity index (χ3n) is 5.06. The van der Waals surface area contributed by atoms with Crippen LogP contribution < -0.4 is 15.4 Å². The lowest BCUT2D eigenvalue weighted by molar-refractivity contribution is -0.142. The van der Waals surface area contributed by atoms with Crippen molar-refractivity contribution >= 4 is 33.5 Å². The highest BCUT2D eigenvalue weighted by Gasteiger charge is 2.35. The lowest BCUT2D eigenvalue weighted by Crippen LogP contribution is -2.51. The van der Waals surface area contributed by atoms with E-state index in [1.165, 1.54) is 18.2 Å². The number of carbonyl (C=O) groups excluding carboxylic acids is 2. The first-order valence-corrected chi connectivity index (χ1v) is 11.9. The molecule has 1 fully saturated rings. The fraction of sp³-hybridized carbons (Fsp3) is 0.550. The van der Waals surface area contributed by atoms with Gasteiger partial charge in [-0.3, -0.25) is 19.1 Å². The number of amides is 2. The van der Waals surface area contributed by atoms with E-state index in [-0.39, 0.29) is 11.3 Å². The highest BCUT2D eigenvalue weighted by atomic mass is 32.2. The molecule has 1 aromatic carbocycles. The minimum absolute atomic E-state index is 0.210. The molecule has 3 atom stereocenters. The Morgan fingerprint density at radius 2 is 1.97 bits per heavy atom. The van der Waals surface area contributed by atoms with Gasteiger partial charge < -0.3 is 15.7 Å². The highest BCUT2D eigenvalue weighted by molar-refractivity contribution is 7.92. The summed E-state index contributed by atoms with van der Waals surface area (Å²) in [5.74, 6) is -2.46. The lowest BCUT2D eigenvalue weighted by Gasteiger charge is -2.23. The summed E-state index contributed by atoms with van der Waals surface area (Å²) in [6, 6.07) is 4.72. The Labute approximate surface area is 176 Å². The van der Waals surface area contributed by atoms with Gasteiger partial charge in [0.15, 0.2) is 0 Å². The second-order valence-corrected chi connectivity index (χ2v) is 9.36. The number of hydrogen-bond donors (Lipinski definition) is 4. The number of hydrogen-bond acceptors (Lipinski definition) is 5. The van der Waals surface area contributed by atoms with Crippen molar-refractivity contribution in [2.75, 3.05) is 11.0 Å². The highest BCUT2D eigenvalue weighted by Crippen LogP contribution is 2.26. The van der Waals surface area contributed by atoms with Gasteiger partial charge in [0.25, 0.3) is 5.91 Å². The van der Waals surface area contributed by atoms with Crippen molar-refractivity contribution in [3.8, 4) is 0 Å². The average Bonchev–Trinajstić information content (AvgIpc) is 3.12. The van der Waals surface area contributed by atoms with Crippen LogP contribution in [-0.2, 0) is 19.6 Å². The summed E-state index contributed by atoms with van der Waals surface area (Å²) in [5, 5.41) is 14.8. The zero-order chi connectivity index (χ0) is 22.3. The second kappa shape index (κ2) is 10.4. The third-order valence-corrected chi connectivity index (χ3v) is 5.66. The van der Waals surface area contributed by atoms with Crippen LogP contribution in [0.5, 0.6) is 0 Å². The zero-order valence-electron chi connectivity index (χ0n) is 17.2. The molecule has 0 unspecified atom stereocenters. The SMILES string of the molecule is CCCC[C@H](NC(=O)c1cccc(NS(C)(=O)=O)c1)C(=O)N[C@H]1CCC[C@H]1C(=O)O. The van der Waals surface area contributed by atoms with Crippen molar-refractivity contribution in [3.63, 3.8) is 0 Å². The molecule has 1 aliphatic rings. The van der Waals surface area contributed by atoms with E-state index in [0.29, 0.717) is 25.7 Å². The van der Waals surface area contributed by atoms with Crippen LogP contribution in [0.15, 0.2) is 24.3 Å². The van der Waals surface area contributed by atoms with Crippen LogP contribution in [0.3, 0.4) is 0 Å².